The van der Waals surface area contributed by atoms with Gasteiger partial charge in [0.1, 0.15) is 5.58 Å². The van der Waals surface area contributed by atoms with Gasteiger partial charge in [-0.15, -0.1) is 0 Å². The fourth-order valence-corrected chi connectivity index (χ4v) is 5.98. The Labute approximate surface area is 229 Å². The molecule has 1 saturated heterocycles. The Kier molecular flexibility index (Phi) is 7.63. The molecule has 204 valence electrons. The Morgan fingerprint density at radius 3 is 2.28 bits per heavy atom. The fraction of sp³-hybridized carbons (Fsp3) is 0.300. The van der Waals surface area contributed by atoms with Gasteiger partial charge in [0.2, 0.25) is 15.8 Å². The Morgan fingerprint density at radius 2 is 1.64 bits per heavy atom. The topological polar surface area (TPSA) is 94.3 Å². The number of rotatable bonds is 9. The van der Waals surface area contributed by atoms with Gasteiger partial charge in [0.25, 0.3) is 0 Å². The van der Waals surface area contributed by atoms with Gasteiger partial charge in [0.15, 0.2) is 0 Å². The third kappa shape index (κ3) is 6.10. The van der Waals surface area contributed by atoms with Crippen molar-refractivity contribution in [2.45, 2.75) is 19.9 Å². The Balaban J connectivity index is 1.36. The van der Waals surface area contributed by atoms with Crippen molar-refractivity contribution in [3.8, 4) is 0 Å². The molecule has 0 aliphatic carbocycles. The highest BCUT2D eigenvalue weighted by Gasteiger charge is 2.23. The largest absolute Gasteiger partial charge is 0.475 e. The molecule has 1 N–H and O–H groups in total. The van der Waals surface area contributed by atoms with Crippen LogP contribution in [0.3, 0.4) is 0 Å². The first kappa shape index (κ1) is 26.8. The lowest BCUT2D eigenvalue weighted by Gasteiger charge is -2.35. The number of hydrogen-bond donors (Lipinski definition) is 1. The second-order valence-electron chi connectivity index (χ2n) is 10.0. The minimum atomic E-state index is -3.16. The summed E-state index contributed by atoms with van der Waals surface area (Å²) in [7, 11) is -3.16. The number of fused-ring (bicyclic) bond motifs is 1. The van der Waals surface area contributed by atoms with Crippen LogP contribution in [-0.4, -0.2) is 62.8 Å². The number of aryl methyl sites for hydroxylation is 1. The van der Waals surface area contributed by atoms with Gasteiger partial charge in [-0.2, -0.15) is 4.31 Å². The molecule has 39 heavy (non-hydrogen) atoms. The Bertz CT molecular complexity index is 1560. The number of piperazine rings is 1. The smallest absolute Gasteiger partial charge is 0.372 e. The van der Waals surface area contributed by atoms with Crippen molar-refractivity contribution in [3.05, 3.63) is 95.2 Å². The van der Waals surface area contributed by atoms with Gasteiger partial charge in [-0.05, 0) is 60.9 Å². The second-order valence-corrected chi connectivity index (χ2v) is 12.0. The Hall–Kier alpha value is -3.82. The molecule has 0 radical (unpaired) electrons. The lowest BCUT2D eigenvalue weighted by atomic mass is 10.1. The van der Waals surface area contributed by atoms with Crippen LogP contribution >= 0.6 is 0 Å². The number of hydrogen-bond acceptors (Lipinski definition) is 6. The summed E-state index contributed by atoms with van der Waals surface area (Å²) in [5, 5.41) is 10.3. The highest BCUT2D eigenvalue weighted by atomic mass is 32.2. The van der Waals surface area contributed by atoms with E-state index in [0.717, 1.165) is 35.3 Å². The molecule has 1 aromatic heterocycles. The van der Waals surface area contributed by atoms with E-state index < -0.39 is 16.0 Å². The number of furan rings is 1. The van der Waals surface area contributed by atoms with Crippen molar-refractivity contribution < 1.29 is 22.7 Å². The SMILES string of the molecule is Cc1c(C(=O)O)oc2ccc(CN(CCc3ccccc3)c3ccc(N4CCN(S(C)(=O)=O)CC4)cc3)cc12. The molecule has 0 unspecified atom stereocenters. The monoisotopic (exact) mass is 547 g/mol. The lowest BCUT2D eigenvalue weighted by Crippen LogP contribution is -2.48. The van der Waals surface area contributed by atoms with Gasteiger partial charge >= 0.3 is 5.97 Å². The van der Waals surface area contributed by atoms with Crippen molar-refractivity contribution in [2.75, 3.05) is 48.8 Å². The zero-order chi connectivity index (χ0) is 27.6. The summed E-state index contributed by atoms with van der Waals surface area (Å²) in [4.78, 5) is 16.1. The molecule has 0 amide bonds. The fourth-order valence-electron chi connectivity index (χ4n) is 5.15. The summed E-state index contributed by atoms with van der Waals surface area (Å²) in [6, 6.07) is 24.7. The molecule has 9 heteroatoms. The van der Waals surface area contributed by atoms with Crippen LogP contribution in [0.2, 0.25) is 0 Å². The van der Waals surface area contributed by atoms with Crippen LogP contribution in [0.15, 0.2) is 77.2 Å². The molecule has 8 nitrogen and oxygen atoms in total. The highest BCUT2D eigenvalue weighted by Crippen LogP contribution is 2.29. The van der Waals surface area contributed by atoms with Gasteiger partial charge in [-0.3, -0.25) is 0 Å². The molecule has 0 saturated carbocycles. The minimum absolute atomic E-state index is 0.0176. The zero-order valence-electron chi connectivity index (χ0n) is 22.2. The number of aromatic carboxylic acids is 1. The molecule has 1 aliphatic rings. The van der Waals surface area contributed by atoms with Gasteiger partial charge in [-0.1, -0.05) is 36.4 Å². The van der Waals surface area contributed by atoms with Crippen LogP contribution in [0, 0.1) is 6.92 Å². The summed E-state index contributed by atoms with van der Waals surface area (Å²) in [6.45, 7) is 5.54. The average molecular weight is 548 g/mol. The van der Waals surface area contributed by atoms with Gasteiger partial charge < -0.3 is 19.3 Å². The minimum Gasteiger partial charge on any atom is -0.475 e. The third-order valence-electron chi connectivity index (χ3n) is 7.37. The van der Waals surface area contributed by atoms with E-state index in [2.05, 4.69) is 46.2 Å². The number of carboxylic acid groups (broad SMARTS) is 1. The maximum Gasteiger partial charge on any atom is 0.372 e. The maximum absolute atomic E-state index is 11.9. The first-order chi connectivity index (χ1) is 18.7. The first-order valence-corrected chi connectivity index (χ1v) is 14.9. The van der Waals surface area contributed by atoms with E-state index in [4.69, 9.17) is 4.42 Å². The van der Waals surface area contributed by atoms with E-state index >= 15 is 0 Å². The van der Waals surface area contributed by atoms with Crippen LogP contribution in [0.5, 0.6) is 0 Å². The zero-order valence-corrected chi connectivity index (χ0v) is 23.0. The molecule has 1 fully saturated rings. The molecular formula is C30H33N3O5S. The number of carbonyl (C=O) groups is 1. The molecule has 3 aromatic carbocycles. The predicted octanol–water partition coefficient (Wildman–Crippen LogP) is 4.77. The predicted molar refractivity (Wildman–Crippen MR) is 154 cm³/mol. The number of carboxylic acids is 1. The third-order valence-corrected chi connectivity index (χ3v) is 8.67. The summed E-state index contributed by atoms with van der Waals surface area (Å²) >= 11 is 0. The van der Waals surface area contributed by atoms with Crippen molar-refractivity contribution in [3.63, 3.8) is 0 Å². The molecular weight excluding hydrogens is 514 g/mol. The van der Waals surface area contributed by atoms with E-state index in [1.165, 1.54) is 16.1 Å². The molecule has 4 aromatic rings. The molecule has 2 heterocycles. The summed E-state index contributed by atoms with van der Waals surface area (Å²) in [5.74, 6) is -1.08. The van der Waals surface area contributed by atoms with Gasteiger partial charge in [0, 0.05) is 61.6 Å². The van der Waals surface area contributed by atoms with Crippen LogP contribution in [-0.2, 0) is 23.0 Å². The van der Waals surface area contributed by atoms with Crippen LogP contribution in [0.25, 0.3) is 11.0 Å². The second kappa shape index (κ2) is 11.1. The molecule has 0 atom stereocenters. The summed E-state index contributed by atoms with van der Waals surface area (Å²) < 4.78 is 30.8. The summed E-state index contributed by atoms with van der Waals surface area (Å²) in [6.07, 6.45) is 2.14. The van der Waals surface area contributed by atoms with Gasteiger partial charge in [-0.25, -0.2) is 13.2 Å². The number of sulfonamides is 1. The van der Waals surface area contributed by atoms with Crippen molar-refractivity contribution in [2.24, 2.45) is 0 Å². The van der Waals surface area contributed by atoms with Crippen LogP contribution in [0.1, 0.15) is 27.2 Å². The number of anilines is 2. The quantitative estimate of drug-likeness (QED) is 0.323. The van der Waals surface area contributed by atoms with Crippen molar-refractivity contribution in [1.29, 1.82) is 0 Å². The van der Waals surface area contributed by atoms with E-state index in [0.29, 0.717) is 43.9 Å². The van der Waals surface area contributed by atoms with E-state index in [-0.39, 0.29) is 5.76 Å². The van der Waals surface area contributed by atoms with Crippen molar-refractivity contribution in [1.82, 2.24) is 4.31 Å². The van der Waals surface area contributed by atoms with Crippen molar-refractivity contribution >= 4 is 38.3 Å². The molecule has 1 aliphatic heterocycles. The van der Waals surface area contributed by atoms with E-state index in [1.807, 2.05) is 36.4 Å². The highest BCUT2D eigenvalue weighted by molar-refractivity contribution is 7.88. The average Bonchev–Trinajstić information content (AvgIpc) is 3.27. The normalized spacial score (nSPS) is 14.6. The van der Waals surface area contributed by atoms with Crippen LogP contribution < -0.4 is 9.80 Å². The van der Waals surface area contributed by atoms with Gasteiger partial charge in [0.05, 0.1) is 6.26 Å². The molecule has 0 bridgehead atoms. The first-order valence-electron chi connectivity index (χ1n) is 13.0. The van der Waals surface area contributed by atoms with Crippen LogP contribution in [0.4, 0.5) is 11.4 Å². The molecule has 0 spiro atoms. The number of nitrogens with zero attached hydrogens (tertiary/aromatic N) is 3. The van der Waals surface area contributed by atoms with E-state index in [1.54, 1.807) is 6.92 Å². The Morgan fingerprint density at radius 1 is 0.949 bits per heavy atom. The molecule has 5 rings (SSSR count). The summed E-state index contributed by atoms with van der Waals surface area (Å²) in [5.41, 5.74) is 5.69. The van der Waals surface area contributed by atoms with E-state index in [9.17, 15) is 18.3 Å². The lowest BCUT2D eigenvalue weighted by molar-refractivity contribution is 0.0664. The standard InChI is InChI=1S/C30H33N3O5S/c1-22-27-20-24(8-13-28(27)38-29(22)30(34)35)21-32(15-14-23-6-4-3-5-7-23)26-11-9-25(10-12-26)31-16-18-33(19-17-31)39(2,36)37/h3-13,20H,14-19,21H2,1-2H3,(H,34,35). The number of benzene rings is 3. The maximum atomic E-state index is 11.9.